The molecular weight excluding hydrogens is 358 g/mol. The van der Waals surface area contributed by atoms with E-state index >= 15 is 0 Å². The number of nitro groups is 1. The summed E-state index contributed by atoms with van der Waals surface area (Å²) in [6.07, 6.45) is 0. The summed E-state index contributed by atoms with van der Waals surface area (Å²) in [5.41, 5.74) is 1.46. The van der Waals surface area contributed by atoms with Crippen molar-refractivity contribution in [3.05, 3.63) is 63.2 Å². The number of methoxy groups -OCH3 is 1. The SMILES string of the molecule is COC(=O)c1cc(N2CCN(c3ccccc3Cl)CC2)ccc1[N+](=O)[O-]. The Morgan fingerprint density at radius 1 is 1.12 bits per heavy atom. The summed E-state index contributed by atoms with van der Waals surface area (Å²) < 4.78 is 4.67. The van der Waals surface area contributed by atoms with Gasteiger partial charge in [0.1, 0.15) is 5.56 Å². The molecule has 1 saturated heterocycles. The van der Waals surface area contributed by atoms with Crippen molar-refractivity contribution in [1.29, 1.82) is 0 Å². The van der Waals surface area contributed by atoms with Gasteiger partial charge in [-0.3, -0.25) is 10.1 Å². The molecule has 7 nitrogen and oxygen atoms in total. The van der Waals surface area contributed by atoms with E-state index in [0.29, 0.717) is 18.1 Å². The normalized spacial score (nSPS) is 14.2. The highest BCUT2D eigenvalue weighted by molar-refractivity contribution is 6.33. The van der Waals surface area contributed by atoms with Gasteiger partial charge in [0.05, 0.1) is 22.7 Å². The molecule has 0 radical (unpaired) electrons. The average molecular weight is 376 g/mol. The molecule has 1 fully saturated rings. The lowest BCUT2D eigenvalue weighted by Crippen LogP contribution is -2.46. The standard InChI is InChI=1S/C18H18ClN3O4/c1-26-18(23)14-12-13(6-7-16(14)22(24)25)20-8-10-21(11-9-20)17-5-3-2-4-15(17)19/h2-7,12H,8-11H2,1H3. The Kier molecular flexibility index (Phi) is 5.27. The van der Waals surface area contributed by atoms with Crippen molar-refractivity contribution in [2.75, 3.05) is 43.1 Å². The van der Waals surface area contributed by atoms with Gasteiger partial charge in [0.25, 0.3) is 5.69 Å². The maximum Gasteiger partial charge on any atom is 0.344 e. The van der Waals surface area contributed by atoms with E-state index in [9.17, 15) is 14.9 Å². The van der Waals surface area contributed by atoms with Crippen molar-refractivity contribution in [2.24, 2.45) is 0 Å². The predicted octanol–water partition coefficient (Wildman–Crippen LogP) is 3.36. The first-order valence-electron chi connectivity index (χ1n) is 8.12. The zero-order chi connectivity index (χ0) is 18.7. The van der Waals surface area contributed by atoms with Gasteiger partial charge >= 0.3 is 5.97 Å². The molecule has 0 bridgehead atoms. The number of hydrogen-bond donors (Lipinski definition) is 0. The largest absolute Gasteiger partial charge is 0.465 e. The Bertz CT molecular complexity index is 835. The van der Waals surface area contributed by atoms with Gasteiger partial charge in [0.2, 0.25) is 0 Å². The van der Waals surface area contributed by atoms with E-state index in [2.05, 4.69) is 14.5 Å². The van der Waals surface area contributed by atoms with Crippen LogP contribution in [0.2, 0.25) is 5.02 Å². The number of nitrogens with zero attached hydrogens (tertiary/aromatic N) is 3. The number of para-hydroxylation sites is 1. The maximum absolute atomic E-state index is 11.9. The van der Waals surface area contributed by atoms with E-state index in [4.69, 9.17) is 11.6 Å². The van der Waals surface area contributed by atoms with E-state index in [1.807, 2.05) is 24.3 Å². The number of nitro benzene ring substituents is 1. The molecular formula is C18H18ClN3O4. The zero-order valence-corrected chi connectivity index (χ0v) is 15.0. The van der Waals surface area contributed by atoms with E-state index in [0.717, 1.165) is 24.5 Å². The number of halogens is 1. The van der Waals surface area contributed by atoms with Gasteiger partial charge < -0.3 is 14.5 Å². The number of anilines is 2. The number of ether oxygens (including phenoxy) is 1. The summed E-state index contributed by atoms with van der Waals surface area (Å²) in [5, 5.41) is 11.8. The van der Waals surface area contributed by atoms with Gasteiger partial charge in [-0.25, -0.2) is 4.79 Å². The molecule has 0 amide bonds. The van der Waals surface area contributed by atoms with Crippen LogP contribution in [0.5, 0.6) is 0 Å². The van der Waals surface area contributed by atoms with Crippen LogP contribution in [-0.2, 0) is 4.74 Å². The van der Waals surface area contributed by atoms with Crippen molar-refractivity contribution in [1.82, 2.24) is 0 Å². The van der Waals surface area contributed by atoms with E-state index < -0.39 is 10.9 Å². The number of carbonyl (C=O) groups is 1. The molecule has 0 aromatic heterocycles. The lowest BCUT2D eigenvalue weighted by Gasteiger charge is -2.37. The highest BCUT2D eigenvalue weighted by atomic mass is 35.5. The quantitative estimate of drug-likeness (QED) is 0.463. The fourth-order valence-electron chi connectivity index (χ4n) is 3.07. The summed E-state index contributed by atoms with van der Waals surface area (Å²) in [4.78, 5) is 26.7. The van der Waals surface area contributed by atoms with Crippen molar-refractivity contribution in [3.8, 4) is 0 Å². The molecule has 0 saturated carbocycles. The fourth-order valence-corrected chi connectivity index (χ4v) is 3.32. The van der Waals surface area contributed by atoms with E-state index in [1.165, 1.54) is 19.2 Å². The first-order chi connectivity index (χ1) is 12.5. The molecule has 2 aromatic carbocycles. The highest BCUT2D eigenvalue weighted by Gasteiger charge is 2.24. The first kappa shape index (κ1) is 18.0. The Morgan fingerprint density at radius 2 is 1.77 bits per heavy atom. The zero-order valence-electron chi connectivity index (χ0n) is 14.2. The van der Waals surface area contributed by atoms with Crippen LogP contribution >= 0.6 is 11.6 Å². The van der Waals surface area contributed by atoms with Crippen LogP contribution in [0.15, 0.2) is 42.5 Å². The number of piperazine rings is 1. The Hall–Kier alpha value is -2.80. The topological polar surface area (TPSA) is 75.9 Å². The Balaban J connectivity index is 1.78. The molecule has 1 aliphatic rings. The number of carbonyl (C=O) groups excluding carboxylic acids is 1. The molecule has 0 atom stereocenters. The second-order valence-electron chi connectivity index (χ2n) is 5.88. The van der Waals surface area contributed by atoms with Crippen LogP contribution in [-0.4, -0.2) is 44.2 Å². The first-order valence-corrected chi connectivity index (χ1v) is 8.50. The van der Waals surface area contributed by atoms with E-state index in [1.54, 1.807) is 6.07 Å². The molecule has 26 heavy (non-hydrogen) atoms. The van der Waals surface area contributed by atoms with E-state index in [-0.39, 0.29) is 11.3 Å². The lowest BCUT2D eigenvalue weighted by molar-refractivity contribution is -0.385. The molecule has 1 aliphatic heterocycles. The molecule has 0 N–H and O–H groups in total. The van der Waals surface area contributed by atoms with Gasteiger partial charge in [-0.05, 0) is 24.3 Å². The smallest absolute Gasteiger partial charge is 0.344 e. The molecule has 8 heteroatoms. The average Bonchev–Trinajstić information content (AvgIpc) is 2.67. The molecule has 1 heterocycles. The van der Waals surface area contributed by atoms with Crippen LogP contribution < -0.4 is 9.80 Å². The summed E-state index contributed by atoms with van der Waals surface area (Å²) in [5.74, 6) is -0.715. The third kappa shape index (κ3) is 3.57. The minimum atomic E-state index is -0.715. The van der Waals surface area contributed by atoms with Crippen LogP contribution in [0.4, 0.5) is 17.1 Å². The van der Waals surface area contributed by atoms with Crippen LogP contribution in [0, 0.1) is 10.1 Å². The molecule has 136 valence electrons. The van der Waals surface area contributed by atoms with Gasteiger partial charge in [0, 0.05) is 37.9 Å². The monoisotopic (exact) mass is 375 g/mol. The van der Waals surface area contributed by atoms with Crippen molar-refractivity contribution >= 4 is 34.6 Å². The summed E-state index contributed by atoms with van der Waals surface area (Å²) in [7, 11) is 1.21. The van der Waals surface area contributed by atoms with Gasteiger partial charge in [0.15, 0.2) is 0 Å². The van der Waals surface area contributed by atoms with Gasteiger partial charge in [-0.2, -0.15) is 0 Å². The number of hydrogen-bond acceptors (Lipinski definition) is 6. The third-order valence-electron chi connectivity index (χ3n) is 4.42. The van der Waals surface area contributed by atoms with Crippen LogP contribution in [0.1, 0.15) is 10.4 Å². The van der Waals surface area contributed by atoms with Crippen molar-refractivity contribution in [2.45, 2.75) is 0 Å². The molecule has 0 unspecified atom stereocenters. The molecule has 3 rings (SSSR count). The molecule has 0 spiro atoms. The Labute approximate surface area is 155 Å². The number of rotatable bonds is 4. The maximum atomic E-state index is 11.9. The van der Waals surface area contributed by atoms with Crippen molar-refractivity contribution < 1.29 is 14.5 Å². The minimum Gasteiger partial charge on any atom is -0.465 e. The second-order valence-corrected chi connectivity index (χ2v) is 6.28. The Morgan fingerprint density at radius 3 is 2.38 bits per heavy atom. The second kappa shape index (κ2) is 7.61. The summed E-state index contributed by atoms with van der Waals surface area (Å²) in [6.45, 7) is 2.94. The third-order valence-corrected chi connectivity index (χ3v) is 4.74. The highest BCUT2D eigenvalue weighted by Crippen LogP contribution is 2.29. The predicted molar refractivity (Wildman–Crippen MR) is 100 cm³/mol. The fraction of sp³-hybridized carbons (Fsp3) is 0.278. The van der Waals surface area contributed by atoms with Crippen LogP contribution in [0.3, 0.4) is 0 Å². The summed E-state index contributed by atoms with van der Waals surface area (Å²) >= 11 is 6.26. The number of esters is 1. The molecule has 0 aliphatic carbocycles. The van der Waals surface area contributed by atoms with Crippen LogP contribution in [0.25, 0.3) is 0 Å². The minimum absolute atomic E-state index is 0.0384. The summed E-state index contributed by atoms with van der Waals surface area (Å²) in [6, 6.07) is 12.2. The molecule has 2 aromatic rings. The van der Waals surface area contributed by atoms with Gasteiger partial charge in [-0.15, -0.1) is 0 Å². The number of benzene rings is 2. The lowest BCUT2D eigenvalue weighted by atomic mass is 10.1. The van der Waals surface area contributed by atoms with Gasteiger partial charge in [-0.1, -0.05) is 23.7 Å². The van der Waals surface area contributed by atoms with Crippen molar-refractivity contribution in [3.63, 3.8) is 0 Å².